The maximum Gasteiger partial charge on any atom is 0.0463 e. The zero-order chi connectivity index (χ0) is 23.1. The molecule has 0 aliphatic heterocycles. The predicted octanol–water partition coefficient (Wildman–Crippen LogP) is 9.07. The van der Waals surface area contributed by atoms with Crippen molar-refractivity contribution in [2.75, 3.05) is 5.32 Å². The number of para-hydroxylation sites is 1. The molecule has 0 saturated carbocycles. The Morgan fingerprint density at radius 1 is 0.500 bits per heavy atom. The van der Waals surface area contributed by atoms with Crippen molar-refractivity contribution in [3.8, 4) is 33.4 Å². The topological polar surface area (TPSA) is 12.0 Å². The van der Waals surface area contributed by atoms with Crippen LogP contribution < -0.4 is 5.32 Å². The maximum absolute atomic E-state index is 3.71. The van der Waals surface area contributed by atoms with Crippen molar-refractivity contribution < 1.29 is 0 Å². The standard InChI is InChI=1S/C33H27N/c1-33(2)30-22-25(34-31-19-10-9-16-26(31)23-12-5-3-6-13-23)20-21-28(30)29-18-11-17-27(32(29)33)24-14-7-4-8-15-24/h3-22,34H,1-2H3. The van der Waals surface area contributed by atoms with Crippen molar-refractivity contribution in [2.45, 2.75) is 19.3 Å². The largest absolute Gasteiger partial charge is 0.355 e. The number of hydrogen-bond acceptors (Lipinski definition) is 1. The van der Waals surface area contributed by atoms with Crippen LogP contribution in [0.15, 0.2) is 121 Å². The van der Waals surface area contributed by atoms with Gasteiger partial charge in [-0.25, -0.2) is 0 Å². The van der Waals surface area contributed by atoms with Crippen molar-refractivity contribution in [1.29, 1.82) is 0 Å². The average Bonchev–Trinajstić information content (AvgIpc) is 3.12. The molecule has 164 valence electrons. The maximum atomic E-state index is 3.71. The molecule has 0 aromatic heterocycles. The first-order chi connectivity index (χ1) is 16.6. The van der Waals surface area contributed by atoms with Gasteiger partial charge in [-0.05, 0) is 57.1 Å². The Morgan fingerprint density at radius 2 is 1.09 bits per heavy atom. The molecule has 0 spiro atoms. The number of benzene rings is 5. The van der Waals surface area contributed by atoms with Crippen LogP contribution in [0.25, 0.3) is 33.4 Å². The van der Waals surface area contributed by atoms with E-state index >= 15 is 0 Å². The summed E-state index contributed by atoms with van der Waals surface area (Å²) in [5.41, 5.74) is 12.6. The lowest BCUT2D eigenvalue weighted by Crippen LogP contribution is -2.16. The summed E-state index contributed by atoms with van der Waals surface area (Å²) in [6, 6.07) is 43.4. The minimum absolute atomic E-state index is 0.0895. The van der Waals surface area contributed by atoms with Crippen LogP contribution in [0, 0.1) is 0 Å². The van der Waals surface area contributed by atoms with Crippen LogP contribution in [-0.2, 0) is 5.41 Å². The molecule has 1 aliphatic carbocycles. The third-order valence-corrected chi connectivity index (χ3v) is 7.05. The van der Waals surface area contributed by atoms with Crippen molar-refractivity contribution in [1.82, 2.24) is 0 Å². The van der Waals surface area contributed by atoms with Gasteiger partial charge >= 0.3 is 0 Å². The minimum Gasteiger partial charge on any atom is -0.355 e. The summed E-state index contributed by atoms with van der Waals surface area (Å²) in [7, 11) is 0. The van der Waals surface area contributed by atoms with Gasteiger partial charge in [0.2, 0.25) is 0 Å². The Hall–Kier alpha value is -4.10. The summed E-state index contributed by atoms with van der Waals surface area (Å²) in [6.45, 7) is 4.71. The van der Waals surface area contributed by atoms with Gasteiger partial charge in [0.05, 0.1) is 0 Å². The van der Waals surface area contributed by atoms with Crippen molar-refractivity contribution in [3.05, 3.63) is 132 Å². The lowest BCUT2D eigenvalue weighted by atomic mass is 9.79. The Kier molecular flexibility index (Phi) is 4.85. The fraction of sp³-hybridized carbons (Fsp3) is 0.0909. The fourth-order valence-corrected chi connectivity index (χ4v) is 5.43. The zero-order valence-electron chi connectivity index (χ0n) is 19.5. The van der Waals surface area contributed by atoms with E-state index in [0.29, 0.717) is 0 Å². The highest BCUT2D eigenvalue weighted by Crippen LogP contribution is 2.52. The van der Waals surface area contributed by atoms with Crippen LogP contribution in [0.1, 0.15) is 25.0 Å². The van der Waals surface area contributed by atoms with E-state index in [-0.39, 0.29) is 5.41 Å². The van der Waals surface area contributed by atoms with Crippen molar-refractivity contribution in [3.63, 3.8) is 0 Å². The van der Waals surface area contributed by atoms with Crippen LogP contribution in [-0.4, -0.2) is 0 Å². The highest BCUT2D eigenvalue weighted by molar-refractivity contribution is 5.90. The SMILES string of the molecule is CC1(C)c2cc(Nc3ccccc3-c3ccccc3)ccc2-c2cccc(-c3ccccc3)c21. The highest BCUT2D eigenvalue weighted by atomic mass is 14.9. The molecule has 0 atom stereocenters. The second-order valence-corrected chi connectivity index (χ2v) is 9.52. The first-order valence-corrected chi connectivity index (χ1v) is 11.9. The Bertz CT molecular complexity index is 1480. The molecule has 0 heterocycles. The zero-order valence-corrected chi connectivity index (χ0v) is 19.5. The highest BCUT2D eigenvalue weighted by Gasteiger charge is 2.37. The van der Waals surface area contributed by atoms with Gasteiger partial charge in [-0.3, -0.25) is 0 Å². The molecule has 0 amide bonds. The van der Waals surface area contributed by atoms with Crippen LogP contribution in [0.4, 0.5) is 11.4 Å². The summed E-state index contributed by atoms with van der Waals surface area (Å²) < 4.78 is 0. The van der Waals surface area contributed by atoms with Crippen molar-refractivity contribution in [2.24, 2.45) is 0 Å². The van der Waals surface area contributed by atoms with Crippen LogP contribution in [0.2, 0.25) is 0 Å². The summed E-state index contributed by atoms with van der Waals surface area (Å²) in [4.78, 5) is 0. The molecule has 1 nitrogen and oxygen atoms in total. The Balaban J connectivity index is 1.42. The number of nitrogens with one attached hydrogen (secondary N) is 1. The van der Waals surface area contributed by atoms with Gasteiger partial charge < -0.3 is 5.32 Å². The molecule has 0 saturated heterocycles. The molecule has 0 bridgehead atoms. The molecule has 5 aromatic rings. The molecule has 34 heavy (non-hydrogen) atoms. The first-order valence-electron chi connectivity index (χ1n) is 11.9. The van der Waals surface area contributed by atoms with E-state index in [2.05, 4.69) is 140 Å². The average molecular weight is 438 g/mol. The van der Waals surface area contributed by atoms with Gasteiger partial charge in [0.25, 0.3) is 0 Å². The summed E-state index contributed by atoms with van der Waals surface area (Å²) >= 11 is 0. The summed E-state index contributed by atoms with van der Waals surface area (Å²) in [5, 5.41) is 3.71. The summed E-state index contributed by atoms with van der Waals surface area (Å²) in [6.07, 6.45) is 0. The molecular formula is C33H27N. The molecule has 5 aromatic carbocycles. The van der Waals surface area contributed by atoms with E-state index in [0.717, 1.165) is 11.4 Å². The monoisotopic (exact) mass is 437 g/mol. The van der Waals surface area contributed by atoms with E-state index in [4.69, 9.17) is 0 Å². The van der Waals surface area contributed by atoms with E-state index in [9.17, 15) is 0 Å². The van der Waals surface area contributed by atoms with E-state index < -0.39 is 0 Å². The number of rotatable bonds is 4. The van der Waals surface area contributed by atoms with Crippen molar-refractivity contribution >= 4 is 11.4 Å². The van der Waals surface area contributed by atoms with Gasteiger partial charge in [0.1, 0.15) is 0 Å². The number of hydrogen-bond donors (Lipinski definition) is 1. The second-order valence-electron chi connectivity index (χ2n) is 9.52. The minimum atomic E-state index is -0.0895. The Morgan fingerprint density at radius 3 is 1.82 bits per heavy atom. The second kappa shape index (κ2) is 8.04. The van der Waals surface area contributed by atoms with Gasteiger partial charge in [-0.15, -0.1) is 0 Å². The molecule has 0 unspecified atom stereocenters. The van der Waals surface area contributed by atoms with Gasteiger partial charge in [-0.2, -0.15) is 0 Å². The van der Waals surface area contributed by atoms with Crippen LogP contribution >= 0.6 is 0 Å². The number of anilines is 2. The molecule has 0 fully saturated rings. The van der Waals surface area contributed by atoms with Crippen LogP contribution in [0.3, 0.4) is 0 Å². The molecule has 1 heteroatoms. The smallest absolute Gasteiger partial charge is 0.0463 e. The lowest BCUT2D eigenvalue weighted by Gasteiger charge is -2.25. The lowest BCUT2D eigenvalue weighted by molar-refractivity contribution is 0.662. The van der Waals surface area contributed by atoms with Gasteiger partial charge in [-0.1, -0.05) is 117 Å². The van der Waals surface area contributed by atoms with E-state index in [1.54, 1.807) is 0 Å². The molecular weight excluding hydrogens is 410 g/mol. The molecule has 1 aliphatic rings. The fourth-order valence-electron chi connectivity index (χ4n) is 5.43. The van der Waals surface area contributed by atoms with Gasteiger partial charge in [0, 0.05) is 22.4 Å². The molecule has 0 radical (unpaired) electrons. The van der Waals surface area contributed by atoms with E-state index in [1.165, 1.54) is 44.5 Å². The molecule has 6 rings (SSSR count). The third-order valence-electron chi connectivity index (χ3n) is 7.05. The first kappa shape index (κ1) is 20.5. The normalized spacial score (nSPS) is 13.2. The van der Waals surface area contributed by atoms with Gasteiger partial charge in [0.15, 0.2) is 0 Å². The number of fused-ring (bicyclic) bond motifs is 3. The Labute approximate surface area is 201 Å². The summed E-state index contributed by atoms with van der Waals surface area (Å²) in [5.74, 6) is 0. The molecule has 1 N–H and O–H groups in total. The third kappa shape index (κ3) is 3.33. The van der Waals surface area contributed by atoms with Crippen LogP contribution in [0.5, 0.6) is 0 Å². The van der Waals surface area contributed by atoms with E-state index in [1.807, 2.05) is 0 Å². The quantitative estimate of drug-likeness (QED) is 0.296. The predicted molar refractivity (Wildman–Crippen MR) is 145 cm³/mol.